The van der Waals surface area contributed by atoms with Gasteiger partial charge in [0, 0.05) is 33.0 Å². The molecule has 0 fully saturated rings. The summed E-state index contributed by atoms with van der Waals surface area (Å²) in [5.41, 5.74) is 13.1. The van der Waals surface area contributed by atoms with Crippen molar-refractivity contribution in [1.82, 2.24) is 9.97 Å². The molecule has 0 saturated heterocycles. The van der Waals surface area contributed by atoms with Crippen LogP contribution in [0.4, 0.5) is 0 Å². The average molecular weight is 677 g/mol. The number of nitrogens with zero attached hydrogens (tertiary/aromatic N) is 2. The third-order valence-corrected chi connectivity index (χ3v) is 10.1. The van der Waals surface area contributed by atoms with Gasteiger partial charge in [0.2, 0.25) is 0 Å². The van der Waals surface area contributed by atoms with E-state index in [1.807, 2.05) is 36.4 Å². The Hall–Kier alpha value is -7.10. The van der Waals surface area contributed by atoms with Gasteiger partial charge in [0.1, 0.15) is 11.2 Å². The maximum Gasteiger partial charge on any atom is 0.160 e. The van der Waals surface area contributed by atoms with E-state index >= 15 is 0 Å². The predicted octanol–water partition coefficient (Wildman–Crippen LogP) is 13.5. The van der Waals surface area contributed by atoms with Gasteiger partial charge in [0.25, 0.3) is 0 Å². The first-order valence-corrected chi connectivity index (χ1v) is 17.9. The highest BCUT2D eigenvalue weighted by atomic mass is 16.3. The number of rotatable bonds is 6. The molecule has 0 aliphatic heterocycles. The van der Waals surface area contributed by atoms with Crippen molar-refractivity contribution in [3.63, 3.8) is 0 Å². The zero-order valence-corrected chi connectivity index (χ0v) is 28.8. The van der Waals surface area contributed by atoms with Gasteiger partial charge in [-0.3, -0.25) is 0 Å². The molecule has 0 N–H and O–H groups in total. The van der Waals surface area contributed by atoms with E-state index in [0.29, 0.717) is 5.82 Å². The second-order valence-corrected chi connectivity index (χ2v) is 13.4. The second-order valence-electron chi connectivity index (χ2n) is 13.4. The van der Waals surface area contributed by atoms with Crippen molar-refractivity contribution < 1.29 is 4.42 Å². The highest BCUT2D eigenvalue weighted by Crippen LogP contribution is 2.41. The molecular formula is C50H32N2O. The van der Waals surface area contributed by atoms with Crippen molar-refractivity contribution in [3.8, 4) is 67.3 Å². The number of hydrogen-bond donors (Lipinski definition) is 0. The molecule has 0 bridgehead atoms. The maximum atomic E-state index is 6.57. The van der Waals surface area contributed by atoms with Gasteiger partial charge in [-0.1, -0.05) is 158 Å². The summed E-state index contributed by atoms with van der Waals surface area (Å²) in [5.74, 6) is 0.679. The Morgan fingerprint density at radius 3 is 1.79 bits per heavy atom. The van der Waals surface area contributed by atoms with Crippen LogP contribution in [0, 0.1) is 0 Å². The van der Waals surface area contributed by atoms with Crippen molar-refractivity contribution in [1.29, 1.82) is 0 Å². The monoisotopic (exact) mass is 676 g/mol. The minimum atomic E-state index is 0.679. The Bertz CT molecular complexity index is 2950. The van der Waals surface area contributed by atoms with E-state index in [1.54, 1.807) is 0 Å². The van der Waals surface area contributed by atoms with E-state index in [4.69, 9.17) is 14.4 Å². The number of hydrogen-bond acceptors (Lipinski definition) is 3. The Labute approximate surface area is 307 Å². The van der Waals surface area contributed by atoms with Gasteiger partial charge in [-0.25, -0.2) is 9.97 Å². The van der Waals surface area contributed by atoms with E-state index in [9.17, 15) is 0 Å². The molecule has 0 aliphatic carbocycles. The van der Waals surface area contributed by atoms with Gasteiger partial charge in [0.15, 0.2) is 5.82 Å². The number of fused-ring (bicyclic) bond motifs is 4. The summed E-state index contributed by atoms with van der Waals surface area (Å²) in [6, 6.07) is 68.0. The summed E-state index contributed by atoms with van der Waals surface area (Å²) in [7, 11) is 0. The number of para-hydroxylation sites is 2. The molecule has 0 spiro atoms. The summed E-state index contributed by atoms with van der Waals surface area (Å²) < 4.78 is 6.57. The molecular weight excluding hydrogens is 645 g/mol. The van der Waals surface area contributed by atoms with Gasteiger partial charge in [-0.15, -0.1) is 0 Å². The largest absolute Gasteiger partial charge is 0.455 e. The Kier molecular flexibility index (Phi) is 7.47. The van der Waals surface area contributed by atoms with E-state index < -0.39 is 0 Å². The Morgan fingerprint density at radius 1 is 0.321 bits per heavy atom. The molecule has 0 radical (unpaired) electrons. The Morgan fingerprint density at radius 2 is 0.943 bits per heavy atom. The van der Waals surface area contributed by atoms with Crippen LogP contribution >= 0.6 is 0 Å². The molecule has 0 aliphatic rings. The summed E-state index contributed by atoms with van der Waals surface area (Å²) in [5, 5.41) is 4.62. The highest BCUT2D eigenvalue weighted by Gasteiger charge is 2.18. The lowest BCUT2D eigenvalue weighted by molar-refractivity contribution is 0.670. The molecule has 0 atom stereocenters. The SMILES string of the molecule is c1ccc(-c2nc(-c3cc(-c4ccc5ccccc5c4)cc(-c4cccc5c4oc4ccccc45)c3)cc(-c3ccccc3-c3ccccc3)n2)cc1. The first-order chi connectivity index (χ1) is 26.2. The van der Waals surface area contributed by atoms with Crippen molar-refractivity contribution in [2.75, 3.05) is 0 Å². The van der Waals surface area contributed by atoms with Crippen molar-refractivity contribution in [3.05, 3.63) is 194 Å². The van der Waals surface area contributed by atoms with Crippen LogP contribution in [-0.4, -0.2) is 9.97 Å². The Balaban J connectivity index is 1.23. The molecule has 10 aromatic rings. The third-order valence-electron chi connectivity index (χ3n) is 10.1. The summed E-state index contributed by atoms with van der Waals surface area (Å²) in [6.07, 6.45) is 0. The minimum Gasteiger partial charge on any atom is -0.455 e. The van der Waals surface area contributed by atoms with Gasteiger partial charge < -0.3 is 4.42 Å². The minimum absolute atomic E-state index is 0.679. The molecule has 248 valence electrons. The molecule has 10 rings (SSSR count). The van der Waals surface area contributed by atoms with Gasteiger partial charge >= 0.3 is 0 Å². The van der Waals surface area contributed by atoms with E-state index in [0.717, 1.165) is 83.4 Å². The molecule has 0 saturated carbocycles. The van der Waals surface area contributed by atoms with Crippen LogP contribution in [0.1, 0.15) is 0 Å². The second kappa shape index (κ2) is 12.9. The predicted molar refractivity (Wildman–Crippen MR) is 219 cm³/mol. The number of aromatic nitrogens is 2. The van der Waals surface area contributed by atoms with E-state index in [2.05, 4.69) is 158 Å². The zero-order valence-electron chi connectivity index (χ0n) is 28.8. The van der Waals surface area contributed by atoms with E-state index in [-0.39, 0.29) is 0 Å². The van der Waals surface area contributed by atoms with Gasteiger partial charge in [0.05, 0.1) is 11.4 Å². The fourth-order valence-corrected chi connectivity index (χ4v) is 7.47. The van der Waals surface area contributed by atoms with E-state index in [1.165, 1.54) is 10.8 Å². The van der Waals surface area contributed by atoms with Crippen molar-refractivity contribution >= 4 is 32.7 Å². The normalized spacial score (nSPS) is 11.4. The standard InChI is InChI=1S/C50H32N2O/c1-3-15-34(16-4-1)41-20-9-10-21-43(41)47-32-46(51-50(52-47)35-17-5-2-6-18-35)40-30-38(37-27-26-33-14-7-8-19-36(33)28-37)29-39(31-40)42-23-13-24-45-44-22-11-12-25-48(44)53-49(42)45/h1-32H. The fraction of sp³-hybridized carbons (Fsp3) is 0. The molecule has 2 heterocycles. The molecule has 0 amide bonds. The lowest BCUT2D eigenvalue weighted by atomic mass is 9.92. The molecule has 0 unspecified atom stereocenters. The van der Waals surface area contributed by atoms with Crippen LogP contribution in [0.15, 0.2) is 199 Å². The lowest BCUT2D eigenvalue weighted by Crippen LogP contribution is -1.97. The van der Waals surface area contributed by atoms with Crippen LogP contribution in [0.2, 0.25) is 0 Å². The lowest BCUT2D eigenvalue weighted by Gasteiger charge is -2.15. The molecule has 53 heavy (non-hydrogen) atoms. The highest BCUT2D eigenvalue weighted by molar-refractivity contribution is 6.10. The number of furan rings is 1. The zero-order chi connectivity index (χ0) is 35.1. The molecule has 3 heteroatoms. The summed E-state index contributed by atoms with van der Waals surface area (Å²) in [4.78, 5) is 10.5. The molecule has 2 aromatic heterocycles. The molecule has 8 aromatic carbocycles. The topological polar surface area (TPSA) is 38.9 Å². The van der Waals surface area contributed by atoms with Crippen LogP contribution in [0.25, 0.3) is 100.0 Å². The van der Waals surface area contributed by atoms with Crippen LogP contribution in [0.3, 0.4) is 0 Å². The third kappa shape index (κ3) is 5.65. The van der Waals surface area contributed by atoms with Crippen LogP contribution in [-0.2, 0) is 0 Å². The van der Waals surface area contributed by atoms with Gasteiger partial charge in [-0.05, 0) is 75.0 Å². The van der Waals surface area contributed by atoms with Crippen LogP contribution < -0.4 is 0 Å². The molecule has 3 nitrogen and oxygen atoms in total. The first-order valence-electron chi connectivity index (χ1n) is 17.9. The fourth-order valence-electron chi connectivity index (χ4n) is 7.47. The van der Waals surface area contributed by atoms with Crippen molar-refractivity contribution in [2.45, 2.75) is 0 Å². The maximum absolute atomic E-state index is 6.57. The van der Waals surface area contributed by atoms with Gasteiger partial charge in [-0.2, -0.15) is 0 Å². The quantitative estimate of drug-likeness (QED) is 0.176. The smallest absolute Gasteiger partial charge is 0.160 e. The summed E-state index contributed by atoms with van der Waals surface area (Å²) in [6.45, 7) is 0. The van der Waals surface area contributed by atoms with Crippen LogP contribution in [0.5, 0.6) is 0 Å². The average Bonchev–Trinajstić information content (AvgIpc) is 3.63. The van der Waals surface area contributed by atoms with Crippen molar-refractivity contribution in [2.24, 2.45) is 0 Å². The summed E-state index contributed by atoms with van der Waals surface area (Å²) >= 11 is 0. The first kappa shape index (κ1) is 30.7. The number of benzene rings is 8.